The first-order valence-corrected chi connectivity index (χ1v) is 7.91. The summed E-state index contributed by atoms with van der Waals surface area (Å²) in [5.41, 5.74) is 0.854. The Hall–Kier alpha value is -0.850. The van der Waals surface area contributed by atoms with Crippen LogP contribution in [0.3, 0.4) is 0 Å². The number of nitrogens with zero attached hydrogens (tertiary/aromatic N) is 1. The maximum Gasteiger partial charge on any atom is 0.251 e. The van der Waals surface area contributed by atoms with Crippen LogP contribution < -0.4 is 10.5 Å². The number of aromatic amines is 1. The van der Waals surface area contributed by atoms with Gasteiger partial charge in [-0.2, -0.15) is 0 Å². The molecule has 2 heterocycles. The number of rotatable bonds is 6. The summed E-state index contributed by atoms with van der Waals surface area (Å²) in [4.78, 5) is 20.4. The summed E-state index contributed by atoms with van der Waals surface area (Å²) < 4.78 is 5.34. The summed E-state index contributed by atoms with van der Waals surface area (Å²) in [6.45, 7) is 7.08. The molecule has 0 atom stereocenters. The molecule has 1 aliphatic rings. The second-order valence-corrected chi connectivity index (χ2v) is 5.84. The van der Waals surface area contributed by atoms with Crippen LogP contribution in [0.4, 0.5) is 0 Å². The second-order valence-electron chi connectivity index (χ2n) is 4.75. The van der Waals surface area contributed by atoms with E-state index in [1.807, 2.05) is 0 Å². The molecule has 0 bridgehead atoms. The maximum atomic E-state index is 11.5. The van der Waals surface area contributed by atoms with Crippen molar-refractivity contribution in [3.8, 4) is 0 Å². The van der Waals surface area contributed by atoms with Gasteiger partial charge >= 0.3 is 0 Å². The van der Waals surface area contributed by atoms with Gasteiger partial charge in [0, 0.05) is 11.8 Å². The van der Waals surface area contributed by atoms with Gasteiger partial charge in [-0.3, -0.25) is 4.79 Å². The third kappa shape index (κ3) is 4.97. The van der Waals surface area contributed by atoms with E-state index in [1.165, 1.54) is 0 Å². The molecule has 1 aromatic rings. The second kappa shape index (κ2) is 7.67. The van der Waals surface area contributed by atoms with Gasteiger partial charge in [-0.25, -0.2) is 4.98 Å². The van der Waals surface area contributed by atoms with E-state index in [-0.39, 0.29) is 5.56 Å². The standard InChI is InChI=1S/C13H21N3O2S/c1-2-3-11-10-12(17)15-13(14-11)19-9-6-16-4-7-18-8-5-16/h10H,2-9H2,1H3,(H,14,15,17)/p+1. The van der Waals surface area contributed by atoms with Gasteiger partial charge in [0.15, 0.2) is 5.16 Å². The smallest absolute Gasteiger partial charge is 0.251 e. The highest BCUT2D eigenvalue weighted by molar-refractivity contribution is 7.99. The average Bonchev–Trinajstić information content (AvgIpc) is 2.40. The lowest BCUT2D eigenvalue weighted by Gasteiger charge is -2.23. The summed E-state index contributed by atoms with van der Waals surface area (Å²) in [6, 6.07) is 1.60. The van der Waals surface area contributed by atoms with E-state index in [1.54, 1.807) is 22.7 Å². The van der Waals surface area contributed by atoms with Crippen LogP contribution in [0.15, 0.2) is 16.0 Å². The summed E-state index contributed by atoms with van der Waals surface area (Å²) in [5.74, 6) is 0.980. The number of morpholine rings is 1. The van der Waals surface area contributed by atoms with E-state index in [0.717, 1.165) is 62.3 Å². The molecule has 1 saturated heterocycles. The predicted octanol–water partition coefficient (Wildman–Crippen LogP) is -0.270. The number of hydrogen-bond acceptors (Lipinski definition) is 4. The van der Waals surface area contributed by atoms with Crippen molar-refractivity contribution < 1.29 is 9.64 Å². The van der Waals surface area contributed by atoms with E-state index < -0.39 is 0 Å². The molecule has 0 radical (unpaired) electrons. The van der Waals surface area contributed by atoms with Crippen molar-refractivity contribution >= 4 is 11.8 Å². The summed E-state index contributed by atoms with van der Waals surface area (Å²) in [6.07, 6.45) is 1.88. The topological polar surface area (TPSA) is 59.4 Å². The number of quaternary nitrogens is 1. The van der Waals surface area contributed by atoms with Gasteiger partial charge in [0.1, 0.15) is 13.1 Å². The van der Waals surface area contributed by atoms with Crippen LogP contribution in [0, 0.1) is 0 Å². The minimum Gasteiger partial charge on any atom is -0.370 e. The van der Waals surface area contributed by atoms with Crippen LogP contribution in [0.5, 0.6) is 0 Å². The van der Waals surface area contributed by atoms with E-state index in [4.69, 9.17) is 4.74 Å². The Morgan fingerprint density at radius 2 is 2.26 bits per heavy atom. The van der Waals surface area contributed by atoms with E-state index in [0.29, 0.717) is 0 Å². The molecule has 0 amide bonds. The van der Waals surface area contributed by atoms with Gasteiger partial charge in [0.25, 0.3) is 5.56 Å². The summed E-state index contributed by atoms with van der Waals surface area (Å²) in [5, 5.41) is 0.753. The van der Waals surface area contributed by atoms with Crippen LogP contribution in [0.25, 0.3) is 0 Å². The van der Waals surface area contributed by atoms with Gasteiger partial charge < -0.3 is 14.6 Å². The number of hydrogen-bond donors (Lipinski definition) is 2. The molecule has 6 heteroatoms. The highest BCUT2D eigenvalue weighted by Gasteiger charge is 2.13. The number of thioether (sulfide) groups is 1. The maximum absolute atomic E-state index is 11.5. The molecule has 0 spiro atoms. The fraction of sp³-hybridized carbons (Fsp3) is 0.692. The zero-order chi connectivity index (χ0) is 13.5. The lowest BCUT2D eigenvalue weighted by Crippen LogP contribution is -3.14. The van der Waals surface area contributed by atoms with Crippen molar-refractivity contribution in [3.63, 3.8) is 0 Å². The average molecular weight is 284 g/mol. The van der Waals surface area contributed by atoms with Crippen LogP contribution >= 0.6 is 11.8 Å². The van der Waals surface area contributed by atoms with Crippen molar-refractivity contribution in [2.75, 3.05) is 38.6 Å². The number of aromatic nitrogens is 2. The van der Waals surface area contributed by atoms with Crippen molar-refractivity contribution in [2.45, 2.75) is 24.9 Å². The van der Waals surface area contributed by atoms with Crippen LogP contribution in [0.1, 0.15) is 19.0 Å². The van der Waals surface area contributed by atoms with Gasteiger partial charge in [-0.1, -0.05) is 25.1 Å². The monoisotopic (exact) mass is 284 g/mol. The number of aryl methyl sites for hydroxylation is 1. The molecule has 1 aliphatic heterocycles. The minimum atomic E-state index is -0.0420. The normalized spacial score (nSPS) is 16.7. The first-order chi connectivity index (χ1) is 9.28. The Balaban J connectivity index is 1.82. The predicted molar refractivity (Wildman–Crippen MR) is 76.0 cm³/mol. The number of ether oxygens (including phenoxy) is 1. The van der Waals surface area contributed by atoms with E-state index in [9.17, 15) is 4.79 Å². The molecule has 0 unspecified atom stereocenters. The SMILES string of the molecule is CCCc1cc(=O)[nH]c(SCC[NH+]2CCOCC2)n1. The molecular weight excluding hydrogens is 262 g/mol. The molecule has 1 aromatic heterocycles. The Labute approximate surface area is 117 Å². The molecule has 19 heavy (non-hydrogen) atoms. The van der Waals surface area contributed by atoms with Gasteiger partial charge in [-0.05, 0) is 6.42 Å². The van der Waals surface area contributed by atoms with Crippen molar-refractivity contribution in [1.29, 1.82) is 0 Å². The summed E-state index contributed by atoms with van der Waals surface area (Å²) in [7, 11) is 0. The molecule has 0 saturated carbocycles. The molecule has 2 N–H and O–H groups in total. The molecule has 5 nitrogen and oxygen atoms in total. The third-order valence-electron chi connectivity index (χ3n) is 3.17. The zero-order valence-corrected chi connectivity index (χ0v) is 12.2. The fourth-order valence-corrected chi connectivity index (χ4v) is 3.08. The van der Waals surface area contributed by atoms with Crippen LogP contribution in [-0.4, -0.2) is 48.6 Å². The molecule has 0 aromatic carbocycles. The highest BCUT2D eigenvalue weighted by atomic mass is 32.2. The third-order valence-corrected chi connectivity index (χ3v) is 4.05. The largest absolute Gasteiger partial charge is 0.370 e. The Kier molecular flexibility index (Phi) is 5.88. The molecule has 0 aliphatic carbocycles. The quantitative estimate of drug-likeness (QED) is 0.558. The van der Waals surface area contributed by atoms with Crippen molar-refractivity contribution in [3.05, 3.63) is 22.1 Å². The summed E-state index contributed by atoms with van der Waals surface area (Å²) >= 11 is 1.64. The van der Waals surface area contributed by atoms with Gasteiger partial charge in [0.05, 0.1) is 25.5 Å². The van der Waals surface area contributed by atoms with Crippen molar-refractivity contribution in [1.82, 2.24) is 9.97 Å². The first-order valence-electron chi connectivity index (χ1n) is 6.92. The number of H-pyrrole nitrogens is 1. The highest BCUT2D eigenvalue weighted by Crippen LogP contribution is 2.10. The first kappa shape index (κ1) is 14.6. The molecular formula is C13H22N3O2S+. The molecule has 1 fully saturated rings. The van der Waals surface area contributed by atoms with Crippen LogP contribution in [0.2, 0.25) is 0 Å². The van der Waals surface area contributed by atoms with E-state index in [2.05, 4.69) is 16.9 Å². The fourth-order valence-electron chi connectivity index (χ4n) is 2.14. The Bertz CT molecular complexity index is 444. The lowest BCUT2D eigenvalue weighted by atomic mass is 10.2. The van der Waals surface area contributed by atoms with Gasteiger partial charge in [-0.15, -0.1) is 0 Å². The lowest BCUT2D eigenvalue weighted by molar-refractivity contribution is -0.905. The van der Waals surface area contributed by atoms with Crippen molar-refractivity contribution in [2.24, 2.45) is 0 Å². The van der Waals surface area contributed by atoms with Crippen LogP contribution in [-0.2, 0) is 11.2 Å². The minimum absolute atomic E-state index is 0.0420. The molecule has 2 rings (SSSR count). The van der Waals surface area contributed by atoms with E-state index >= 15 is 0 Å². The number of nitrogens with one attached hydrogen (secondary N) is 2. The zero-order valence-electron chi connectivity index (χ0n) is 11.4. The Morgan fingerprint density at radius 3 is 3.00 bits per heavy atom. The molecule has 106 valence electrons. The van der Waals surface area contributed by atoms with Gasteiger partial charge in [0.2, 0.25) is 0 Å². The Morgan fingerprint density at radius 1 is 1.47 bits per heavy atom.